The molecule has 1 rings (SSSR count). The van der Waals surface area contributed by atoms with E-state index < -0.39 is 16.1 Å². The number of hydrogen-bond acceptors (Lipinski definition) is 4. The summed E-state index contributed by atoms with van der Waals surface area (Å²) in [6, 6.07) is 7.56. The molecule has 0 bridgehead atoms. The molecule has 1 aromatic carbocycles. The maximum Gasteiger partial charge on any atom is 0.240 e. The van der Waals surface area contributed by atoms with Crippen LogP contribution in [0.15, 0.2) is 29.2 Å². The van der Waals surface area contributed by atoms with Gasteiger partial charge in [-0.05, 0) is 25.1 Å². The molecule has 86 valence electrons. The minimum Gasteiger partial charge on any atom is -0.392 e. The van der Waals surface area contributed by atoms with Crippen molar-refractivity contribution in [1.82, 2.24) is 4.72 Å². The van der Waals surface area contributed by atoms with Crippen molar-refractivity contribution >= 4 is 10.0 Å². The van der Waals surface area contributed by atoms with Crippen LogP contribution in [0.2, 0.25) is 0 Å². The molecule has 0 saturated carbocycles. The van der Waals surface area contributed by atoms with Crippen molar-refractivity contribution in [3.8, 4) is 6.07 Å². The van der Waals surface area contributed by atoms with Crippen LogP contribution >= 0.6 is 0 Å². The minimum atomic E-state index is -3.65. The second-order valence-electron chi connectivity index (χ2n) is 3.34. The first-order chi connectivity index (χ1) is 7.45. The van der Waals surface area contributed by atoms with Gasteiger partial charge in [0.2, 0.25) is 10.0 Å². The van der Waals surface area contributed by atoms with E-state index in [1.54, 1.807) is 0 Å². The van der Waals surface area contributed by atoms with Gasteiger partial charge in [-0.25, -0.2) is 13.1 Å². The fourth-order valence-corrected chi connectivity index (χ4v) is 2.21. The molecule has 1 atom stereocenters. The molecular formula is C10H12N2O3S. The number of rotatable bonds is 4. The second kappa shape index (κ2) is 5.07. The van der Waals surface area contributed by atoms with Crippen molar-refractivity contribution in [2.45, 2.75) is 17.9 Å². The Kier molecular flexibility index (Phi) is 4.01. The van der Waals surface area contributed by atoms with Crippen LogP contribution in [-0.4, -0.2) is 26.2 Å². The van der Waals surface area contributed by atoms with Gasteiger partial charge in [-0.1, -0.05) is 6.07 Å². The van der Waals surface area contributed by atoms with E-state index in [0.29, 0.717) is 0 Å². The maximum absolute atomic E-state index is 11.7. The third-order valence-corrected chi connectivity index (χ3v) is 3.26. The Morgan fingerprint density at radius 2 is 2.25 bits per heavy atom. The third kappa shape index (κ3) is 3.31. The van der Waals surface area contributed by atoms with E-state index in [1.807, 2.05) is 6.07 Å². The van der Waals surface area contributed by atoms with Crippen LogP contribution in [0.4, 0.5) is 0 Å². The van der Waals surface area contributed by atoms with Crippen LogP contribution in [0, 0.1) is 11.3 Å². The van der Waals surface area contributed by atoms with Crippen LogP contribution in [0.1, 0.15) is 12.5 Å². The topological polar surface area (TPSA) is 90.2 Å². The molecule has 16 heavy (non-hydrogen) atoms. The first kappa shape index (κ1) is 12.6. The number of nitrogens with one attached hydrogen (secondary N) is 1. The summed E-state index contributed by atoms with van der Waals surface area (Å²) < 4.78 is 25.6. The monoisotopic (exact) mass is 240 g/mol. The molecule has 0 amide bonds. The number of aliphatic hydroxyl groups excluding tert-OH is 1. The highest BCUT2D eigenvalue weighted by molar-refractivity contribution is 7.89. The zero-order valence-electron chi connectivity index (χ0n) is 8.71. The van der Waals surface area contributed by atoms with E-state index in [0.717, 1.165) is 0 Å². The normalized spacial score (nSPS) is 13.1. The van der Waals surface area contributed by atoms with Gasteiger partial charge in [-0.15, -0.1) is 0 Å². The SMILES string of the molecule is C[C@H](O)CNS(=O)(=O)c1cccc(C#N)c1. The first-order valence-electron chi connectivity index (χ1n) is 4.63. The predicted molar refractivity (Wildman–Crippen MR) is 58.0 cm³/mol. The van der Waals surface area contributed by atoms with Crippen molar-refractivity contribution in [1.29, 1.82) is 5.26 Å². The summed E-state index contributed by atoms with van der Waals surface area (Å²) in [4.78, 5) is 0.0206. The Hall–Kier alpha value is -1.42. The Labute approximate surface area is 94.4 Å². The summed E-state index contributed by atoms with van der Waals surface area (Å²) in [6.07, 6.45) is -0.756. The van der Waals surface area contributed by atoms with E-state index in [9.17, 15) is 8.42 Å². The van der Waals surface area contributed by atoms with E-state index in [4.69, 9.17) is 10.4 Å². The number of benzene rings is 1. The quantitative estimate of drug-likeness (QED) is 0.787. The minimum absolute atomic E-state index is 0.0206. The molecule has 1 aromatic rings. The van der Waals surface area contributed by atoms with E-state index in [1.165, 1.54) is 31.2 Å². The van der Waals surface area contributed by atoms with Crippen LogP contribution in [0.25, 0.3) is 0 Å². The lowest BCUT2D eigenvalue weighted by atomic mass is 10.2. The molecule has 0 aromatic heterocycles. The van der Waals surface area contributed by atoms with E-state index in [2.05, 4.69) is 4.72 Å². The van der Waals surface area contributed by atoms with Crippen LogP contribution in [-0.2, 0) is 10.0 Å². The van der Waals surface area contributed by atoms with Crippen molar-refractivity contribution in [3.63, 3.8) is 0 Å². The zero-order valence-corrected chi connectivity index (χ0v) is 9.53. The maximum atomic E-state index is 11.7. The van der Waals surface area contributed by atoms with Gasteiger partial charge in [0.1, 0.15) is 0 Å². The lowest BCUT2D eigenvalue weighted by Gasteiger charge is -2.08. The largest absolute Gasteiger partial charge is 0.392 e. The Morgan fingerprint density at radius 1 is 1.56 bits per heavy atom. The van der Waals surface area contributed by atoms with Crippen LogP contribution < -0.4 is 4.72 Å². The van der Waals surface area contributed by atoms with Gasteiger partial charge in [0.05, 0.1) is 22.6 Å². The molecule has 0 unspecified atom stereocenters. The standard InChI is InChI=1S/C10H12N2O3S/c1-8(13)7-12-16(14,15)10-4-2-3-9(5-10)6-11/h2-5,8,12-13H,7H2,1H3/t8-/m0/s1. The highest BCUT2D eigenvalue weighted by Gasteiger charge is 2.14. The fraction of sp³-hybridized carbons (Fsp3) is 0.300. The molecule has 0 radical (unpaired) electrons. The average molecular weight is 240 g/mol. The van der Waals surface area contributed by atoms with Crippen molar-refractivity contribution in [2.75, 3.05) is 6.54 Å². The lowest BCUT2D eigenvalue weighted by Crippen LogP contribution is -2.30. The molecule has 0 saturated heterocycles. The number of sulfonamides is 1. The lowest BCUT2D eigenvalue weighted by molar-refractivity contribution is 0.198. The highest BCUT2D eigenvalue weighted by atomic mass is 32.2. The van der Waals surface area contributed by atoms with E-state index >= 15 is 0 Å². The molecule has 0 aliphatic carbocycles. The summed E-state index contributed by atoms with van der Waals surface area (Å²) in [5.74, 6) is 0. The number of aliphatic hydroxyl groups is 1. The average Bonchev–Trinajstić information content (AvgIpc) is 2.27. The number of nitriles is 1. The van der Waals surface area contributed by atoms with Crippen molar-refractivity contribution in [2.24, 2.45) is 0 Å². The summed E-state index contributed by atoms with van der Waals surface area (Å²) in [7, 11) is -3.65. The van der Waals surface area contributed by atoms with Gasteiger partial charge in [0.15, 0.2) is 0 Å². The van der Waals surface area contributed by atoms with Crippen molar-refractivity contribution in [3.05, 3.63) is 29.8 Å². The Morgan fingerprint density at radius 3 is 2.81 bits per heavy atom. The van der Waals surface area contributed by atoms with Crippen molar-refractivity contribution < 1.29 is 13.5 Å². The van der Waals surface area contributed by atoms with Crippen LogP contribution in [0.5, 0.6) is 0 Å². The summed E-state index contributed by atoms with van der Waals surface area (Å²) in [6.45, 7) is 1.42. The molecule has 2 N–H and O–H groups in total. The summed E-state index contributed by atoms with van der Waals surface area (Å²) in [5.41, 5.74) is 0.278. The molecule has 0 heterocycles. The van der Waals surface area contributed by atoms with Gasteiger partial charge in [-0.3, -0.25) is 0 Å². The molecule has 5 nitrogen and oxygen atoms in total. The highest BCUT2D eigenvalue weighted by Crippen LogP contribution is 2.10. The molecule has 0 aliphatic heterocycles. The van der Waals surface area contributed by atoms with Gasteiger partial charge in [-0.2, -0.15) is 5.26 Å². The second-order valence-corrected chi connectivity index (χ2v) is 5.11. The molecule has 0 aliphatic rings. The Bertz CT molecular complexity index is 503. The van der Waals surface area contributed by atoms with Gasteiger partial charge >= 0.3 is 0 Å². The molecule has 0 fully saturated rings. The first-order valence-corrected chi connectivity index (χ1v) is 6.12. The third-order valence-electron chi connectivity index (χ3n) is 1.84. The van der Waals surface area contributed by atoms with Gasteiger partial charge in [0.25, 0.3) is 0 Å². The molecule has 6 heteroatoms. The number of hydrogen-bond donors (Lipinski definition) is 2. The summed E-state index contributed by atoms with van der Waals surface area (Å²) in [5, 5.41) is 17.6. The van der Waals surface area contributed by atoms with Gasteiger partial charge < -0.3 is 5.11 Å². The molecular weight excluding hydrogens is 228 g/mol. The van der Waals surface area contributed by atoms with Gasteiger partial charge in [0, 0.05) is 6.54 Å². The Balaban J connectivity index is 2.95. The molecule has 0 spiro atoms. The smallest absolute Gasteiger partial charge is 0.240 e. The number of nitrogens with zero attached hydrogens (tertiary/aromatic N) is 1. The fourth-order valence-electron chi connectivity index (χ4n) is 1.05. The van der Waals surface area contributed by atoms with Crippen LogP contribution in [0.3, 0.4) is 0 Å². The zero-order chi connectivity index (χ0) is 12.2. The predicted octanol–water partition coefficient (Wildman–Crippen LogP) is 0.217. The van der Waals surface area contributed by atoms with E-state index in [-0.39, 0.29) is 17.0 Å². The summed E-state index contributed by atoms with van der Waals surface area (Å²) >= 11 is 0.